The van der Waals surface area contributed by atoms with Crippen molar-refractivity contribution in [2.75, 3.05) is 25.4 Å². The molecule has 106 valence electrons. The van der Waals surface area contributed by atoms with E-state index in [1.54, 1.807) is 4.31 Å². The molecule has 0 aromatic heterocycles. The summed E-state index contributed by atoms with van der Waals surface area (Å²) in [7, 11) is -3.01. The van der Waals surface area contributed by atoms with Gasteiger partial charge in [-0.2, -0.15) is 0 Å². The maximum absolute atomic E-state index is 12.2. The zero-order chi connectivity index (χ0) is 13.2. The number of sulfonamides is 1. The molecule has 4 nitrogen and oxygen atoms in total. The normalized spacial score (nSPS) is 26.1. The molecule has 0 bridgehead atoms. The third-order valence-corrected chi connectivity index (χ3v) is 6.04. The number of nitrogens with one attached hydrogen (secondary N) is 1. The fourth-order valence-electron chi connectivity index (χ4n) is 2.53. The fraction of sp³-hybridized carbons (Fsp3) is 1.00. The summed E-state index contributed by atoms with van der Waals surface area (Å²) in [5.74, 6) is 1.43. The van der Waals surface area contributed by atoms with Gasteiger partial charge in [-0.1, -0.05) is 13.8 Å². The van der Waals surface area contributed by atoms with Crippen LogP contribution in [0.1, 0.15) is 39.5 Å². The van der Waals surface area contributed by atoms with Gasteiger partial charge in [0.1, 0.15) is 0 Å². The first kappa shape index (κ1) is 14.3. The molecule has 0 radical (unpaired) electrons. The van der Waals surface area contributed by atoms with Crippen molar-refractivity contribution in [2.24, 2.45) is 11.8 Å². The fourth-order valence-corrected chi connectivity index (χ4v) is 4.10. The molecule has 2 fully saturated rings. The van der Waals surface area contributed by atoms with E-state index in [0.717, 1.165) is 32.5 Å². The van der Waals surface area contributed by atoms with Gasteiger partial charge in [0.05, 0.1) is 5.75 Å². The summed E-state index contributed by atoms with van der Waals surface area (Å²) >= 11 is 0. The lowest BCUT2D eigenvalue weighted by Gasteiger charge is -2.18. The smallest absolute Gasteiger partial charge is 0.214 e. The molecule has 0 aromatic rings. The van der Waals surface area contributed by atoms with E-state index in [4.69, 9.17) is 0 Å². The third kappa shape index (κ3) is 3.93. The predicted molar refractivity (Wildman–Crippen MR) is 73.9 cm³/mol. The van der Waals surface area contributed by atoms with Crippen LogP contribution in [0.3, 0.4) is 0 Å². The summed E-state index contributed by atoms with van der Waals surface area (Å²) in [6.45, 7) is 6.66. The largest absolute Gasteiger partial charge is 0.314 e. The van der Waals surface area contributed by atoms with Gasteiger partial charge in [-0.3, -0.25) is 0 Å². The van der Waals surface area contributed by atoms with Gasteiger partial charge in [0.2, 0.25) is 10.0 Å². The molecule has 1 heterocycles. The zero-order valence-corrected chi connectivity index (χ0v) is 12.4. The van der Waals surface area contributed by atoms with Crippen LogP contribution in [0.5, 0.6) is 0 Å². The van der Waals surface area contributed by atoms with E-state index < -0.39 is 10.0 Å². The van der Waals surface area contributed by atoms with E-state index in [1.807, 2.05) is 0 Å². The second kappa shape index (κ2) is 5.88. The Hall–Kier alpha value is -0.130. The van der Waals surface area contributed by atoms with Crippen LogP contribution in [-0.4, -0.2) is 44.2 Å². The van der Waals surface area contributed by atoms with Crippen LogP contribution in [0.2, 0.25) is 0 Å². The Morgan fingerprint density at radius 1 is 1.28 bits per heavy atom. The Morgan fingerprint density at radius 3 is 2.56 bits per heavy atom. The van der Waals surface area contributed by atoms with E-state index >= 15 is 0 Å². The Balaban J connectivity index is 1.72. The van der Waals surface area contributed by atoms with Crippen LogP contribution >= 0.6 is 0 Å². The lowest BCUT2D eigenvalue weighted by atomic mass is 9.96. The molecule has 1 saturated heterocycles. The van der Waals surface area contributed by atoms with E-state index in [2.05, 4.69) is 19.2 Å². The maximum atomic E-state index is 12.2. The van der Waals surface area contributed by atoms with Crippen molar-refractivity contribution >= 4 is 10.0 Å². The molecule has 1 unspecified atom stereocenters. The molecule has 2 rings (SSSR count). The average Bonchev–Trinajstić information content (AvgIpc) is 2.96. The lowest BCUT2D eigenvalue weighted by Crippen LogP contribution is -2.32. The topological polar surface area (TPSA) is 49.4 Å². The van der Waals surface area contributed by atoms with Crippen LogP contribution in [0.25, 0.3) is 0 Å². The Labute approximate surface area is 111 Å². The SMILES string of the molecule is CC(C)C1CCN(S(=O)(=O)CCCNC2CC2)C1. The molecule has 1 aliphatic heterocycles. The van der Waals surface area contributed by atoms with Crippen LogP contribution in [0.4, 0.5) is 0 Å². The Bertz CT molecular complexity index is 363. The van der Waals surface area contributed by atoms with Crippen molar-refractivity contribution in [3.05, 3.63) is 0 Å². The average molecular weight is 274 g/mol. The van der Waals surface area contributed by atoms with Crippen LogP contribution < -0.4 is 5.32 Å². The summed E-state index contributed by atoms with van der Waals surface area (Å²) in [4.78, 5) is 0. The van der Waals surface area contributed by atoms with E-state index in [1.165, 1.54) is 12.8 Å². The standard InChI is InChI=1S/C13H26N2O2S/c1-11(2)12-6-8-15(10-12)18(16,17)9-3-7-14-13-4-5-13/h11-14H,3-10H2,1-2H3. The number of rotatable bonds is 7. The second-order valence-corrected chi connectivity index (χ2v) is 8.14. The van der Waals surface area contributed by atoms with Crippen molar-refractivity contribution in [1.29, 1.82) is 0 Å². The van der Waals surface area contributed by atoms with E-state index in [-0.39, 0.29) is 0 Å². The van der Waals surface area contributed by atoms with Crippen molar-refractivity contribution in [3.63, 3.8) is 0 Å². The highest BCUT2D eigenvalue weighted by Crippen LogP contribution is 2.26. The molecular formula is C13H26N2O2S. The molecular weight excluding hydrogens is 248 g/mol. The molecule has 0 amide bonds. The molecule has 0 spiro atoms. The van der Waals surface area contributed by atoms with Crippen LogP contribution in [-0.2, 0) is 10.0 Å². The van der Waals surface area contributed by atoms with Gasteiger partial charge in [0.15, 0.2) is 0 Å². The first-order valence-electron chi connectivity index (χ1n) is 7.20. The van der Waals surface area contributed by atoms with Crippen molar-refractivity contribution in [1.82, 2.24) is 9.62 Å². The molecule has 1 N–H and O–H groups in total. The first-order valence-corrected chi connectivity index (χ1v) is 8.81. The van der Waals surface area contributed by atoms with Gasteiger partial charge < -0.3 is 5.32 Å². The molecule has 18 heavy (non-hydrogen) atoms. The Kier molecular flexibility index (Phi) is 4.67. The minimum Gasteiger partial charge on any atom is -0.314 e. The van der Waals surface area contributed by atoms with Crippen molar-refractivity contribution in [2.45, 2.75) is 45.6 Å². The lowest BCUT2D eigenvalue weighted by molar-refractivity contribution is 0.388. The zero-order valence-electron chi connectivity index (χ0n) is 11.6. The molecule has 1 aliphatic carbocycles. The van der Waals surface area contributed by atoms with Crippen LogP contribution in [0, 0.1) is 11.8 Å². The molecule has 1 atom stereocenters. The van der Waals surface area contributed by atoms with E-state index in [9.17, 15) is 8.42 Å². The highest BCUT2D eigenvalue weighted by atomic mass is 32.2. The van der Waals surface area contributed by atoms with Gasteiger partial charge >= 0.3 is 0 Å². The minimum atomic E-state index is -3.01. The van der Waals surface area contributed by atoms with Gasteiger partial charge in [-0.25, -0.2) is 12.7 Å². The van der Waals surface area contributed by atoms with Gasteiger partial charge in [-0.05, 0) is 44.1 Å². The number of nitrogens with zero attached hydrogens (tertiary/aromatic N) is 1. The Morgan fingerprint density at radius 2 is 2.00 bits per heavy atom. The van der Waals surface area contributed by atoms with Crippen molar-refractivity contribution < 1.29 is 8.42 Å². The van der Waals surface area contributed by atoms with Gasteiger partial charge in [-0.15, -0.1) is 0 Å². The minimum absolute atomic E-state index is 0.303. The monoisotopic (exact) mass is 274 g/mol. The summed E-state index contributed by atoms with van der Waals surface area (Å²) in [5, 5.41) is 3.36. The van der Waals surface area contributed by atoms with Crippen molar-refractivity contribution in [3.8, 4) is 0 Å². The maximum Gasteiger partial charge on any atom is 0.214 e. The number of hydrogen-bond donors (Lipinski definition) is 1. The van der Waals surface area contributed by atoms with E-state index in [0.29, 0.717) is 23.6 Å². The molecule has 1 saturated carbocycles. The van der Waals surface area contributed by atoms with Gasteiger partial charge in [0, 0.05) is 19.1 Å². The van der Waals surface area contributed by atoms with Gasteiger partial charge in [0.25, 0.3) is 0 Å². The summed E-state index contributed by atoms with van der Waals surface area (Å²) in [6, 6.07) is 0.671. The second-order valence-electron chi connectivity index (χ2n) is 6.05. The highest BCUT2D eigenvalue weighted by Gasteiger charge is 2.32. The predicted octanol–water partition coefficient (Wildman–Crippen LogP) is 1.44. The summed E-state index contributed by atoms with van der Waals surface area (Å²) in [5.41, 5.74) is 0. The molecule has 5 heteroatoms. The molecule has 0 aromatic carbocycles. The summed E-state index contributed by atoms with van der Waals surface area (Å²) < 4.78 is 26.0. The number of hydrogen-bond acceptors (Lipinski definition) is 3. The van der Waals surface area contributed by atoms with Crippen LogP contribution in [0.15, 0.2) is 0 Å². The third-order valence-electron chi connectivity index (χ3n) is 4.11. The highest BCUT2D eigenvalue weighted by molar-refractivity contribution is 7.89. The molecule has 2 aliphatic rings. The quantitative estimate of drug-likeness (QED) is 0.715. The summed E-state index contributed by atoms with van der Waals surface area (Å²) in [6.07, 6.45) is 4.28. The first-order chi connectivity index (χ1) is 8.49.